The van der Waals surface area contributed by atoms with Gasteiger partial charge in [-0.1, -0.05) is 71.9 Å². The van der Waals surface area contributed by atoms with Crippen molar-refractivity contribution in [1.82, 2.24) is 37.2 Å². The van der Waals surface area contributed by atoms with Crippen molar-refractivity contribution < 1.29 is 48.3 Å². The second kappa shape index (κ2) is 23.8. The Bertz CT molecular complexity index is 1550. The molecule has 0 unspecified atom stereocenters. The average molecular weight is 773 g/mol. The summed E-state index contributed by atoms with van der Waals surface area (Å²) in [6, 6.07) is 3.20. The number of hydrogen-bond acceptors (Lipinski definition) is 9. The van der Waals surface area contributed by atoms with Crippen LogP contribution in [-0.4, -0.2) is 102 Å². The first kappa shape index (κ1) is 47.2. The normalized spacial score (nSPS) is 13.9. The van der Waals surface area contributed by atoms with E-state index in [1.807, 2.05) is 27.7 Å². The molecule has 18 nitrogen and oxygen atoms in total. The zero-order valence-corrected chi connectivity index (χ0v) is 32.4. The molecule has 0 fully saturated rings. The fraction of sp³-hybridized carbons (Fsp3) is 0.541. The molecule has 0 aromatic heterocycles. The molecular formula is C37H56N8O10. The Morgan fingerprint density at radius 3 is 1.64 bits per heavy atom. The van der Waals surface area contributed by atoms with Crippen LogP contribution in [0.2, 0.25) is 0 Å². The third kappa shape index (κ3) is 19.2. The van der Waals surface area contributed by atoms with Gasteiger partial charge in [-0.05, 0) is 43.1 Å². The number of aliphatic carboxylic acids is 1. The smallest absolute Gasteiger partial charge is 0.326 e. The predicted octanol–water partition coefficient (Wildman–Crippen LogP) is -1.22. The summed E-state index contributed by atoms with van der Waals surface area (Å²) in [6.07, 6.45) is 2.11. The number of carbonyl (C=O) groups is 9. The Labute approximate surface area is 320 Å². The fourth-order valence-electron chi connectivity index (χ4n) is 5.04. The van der Waals surface area contributed by atoms with Gasteiger partial charge in [0.05, 0.1) is 13.1 Å². The summed E-state index contributed by atoms with van der Waals surface area (Å²) in [6.45, 7) is 11.0. The van der Waals surface area contributed by atoms with Crippen LogP contribution in [0.3, 0.4) is 0 Å². The molecule has 0 spiro atoms. The van der Waals surface area contributed by atoms with E-state index in [1.165, 1.54) is 6.92 Å². The Balaban J connectivity index is 2.68. The van der Waals surface area contributed by atoms with Crippen LogP contribution in [0.5, 0.6) is 0 Å². The molecule has 0 saturated carbocycles. The summed E-state index contributed by atoms with van der Waals surface area (Å²) in [4.78, 5) is 112. The molecule has 8 amide bonds. The number of carboxylic acids is 1. The summed E-state index contributed by atoms with van der Waals surface area (Å²) in [5.41, 5.74) is 6.13. The van der Waals surface area contributed by atoms with Crippen molar-refractivity contribution in [2.45, 2.75) is 97.9 Å². The first-order valence-corrected chi connectivity index (χ1v) is 18.0. The molecule has 0 radical (unpaired) electrons. The number of amides is 8. The highest BCUT2D eigenvalue weighted by atomic mass is 16.4. The summed E-state index contributed by atoms with van der Waals surface area (Å²) < 4.78 is 0. The van der Waals surface area contributed by atoms with Crippen molar-refractivity contribution in [2.75, 3.05) is 13.1 Å². The number of benzene rings is 1. The zero-order valence-electron chi connectivity index (χ0n) is 32.4. The maximum atomic E-state index is 13.4. The molecule has 0 aliphatic carbocycles. The SMILES string of the molecule is CC(C)C[C@H](NC(=O)[C@H](C)NC(=O)/C=C/C(=O)NCC(=O)NCC(=O)N[C@@H](Cc1ccccc1)C(=O)O)C(=O)N[C@@H](CC(C)C)C(=O)N[C@H](C(N)=O)C(C)C. The van der Waals surface area contributed by atoms with Crippen LogP contribution < -0.4 is 43.0 Å². The fourth-order valence-corrected chi connectivity index (χ4v) is 5.04. The van der Waals surface area contributed by atoms with Crippen LogP contribution in [0.15, 0.2) is 42.5 Å². The molecule has 1 aromatic rings. The van der Waals surface area contributed by atoms with Crippen LogP contribution in [0.4, 0.5) is 0 Å². The second-order valence-electron chi connectivity index (χ2n) is 14.2. The van der Waals surface area contributed by atoms with Crippen LogP contribution in [0.1, 0.15) is 66.9 Å². The Morgan fingerprint density at radius 1 is 0.618 bits per heavy atom. The van der Waals surface area contributed by atoms with Gasteiger partial charge in [0, 0.05) is 18.6 Å². The Kier molecular flexibility index (Phi) is 20.4. The summed E-state index contributed by atoms with van der Waals surface area (Å²) in [7, 11) is 0. The number of primary amides is 1. The molecule has 304 valence electrons. The maximum Gasteiger partial charge on any atom is 0.326 e. The third-order valence-electron chi connectivity index (χ3n) is 7.87. The van der Waals surface area contributed by atoms with E-state index in [0.717, 1.165) is 12.2 Å². The molecule has 0 bridgehead atoms. The molecule has 18 heteroatoms. The molecule has 10 N–H and O–H groups in total. The predicted molar refractivity (Wildman–Crippen MR) is 201 cm³/mol. The number of carboxylic acid groups (broad SMARTS) is 1. The van der Waals surface area contributed by atoms with Gasteiger partial charge in [-0.15, -0.1) is 0 Å². The number of rotatable bonds is 23. The van der Waals surface area contributed by atoms with Gasteiger partial charge in [0.25, 0.3) is 0 Å². The van der Waals surface area contributed by atoms with E-state index in [4.69, 9.17) is 5.73 Å². The Morgan fingerprint density at radius 2 is 1.13 bits per heavy atom. The second-order valence-corrected chi connectivity index (χ2v) is 14.2. The van der Waals surface area contributed by atoms with Gasteiger partial charge in [-0.25, -0.2) is 4.79 Å². The van der Waals surface area contributed by atoms with E-state index in [2.05, 4.69) is 37.2 Å². The number of nitrogens with one attached hydrogen (secondary N) is 7. The van der Waals surface area contributed by atoms with E-state index in [9.17, 15) is 48.3 Å². The van der Waals surface area contributed by atoms with Crippen LogP contribution in [-0.2, 0) is 49.6 Å². The van der Waals surface area contributed by atoms with E-state index in [0.29, 0.717) is 5.56 Å². The standard InChI is InChI=1S/C37H56N8O10/c1-20(2)15-25(35(52)44-26(16-21(3)4)36(53)45-32(22(5)6)33(38)50)43-34(51)23(7)41-29(47)14-13-28(46)39-18-30(48)40-19-31(49)42-27(37(54)55)17-24-11-9-8-10-12-24/h8-14,20-23,25-27,32H,15-19H2,1-7H3,(H2,38,50)(H,39,46)(H,40,48)(H,41,47)(H,42,49)(H,43,51)(H,44,52)(H,45,53)(H,54,55)/b14-13+/t23-,25-,26-,27-,32-/m0/s1. The van der Waals surface area contributed by atoms with Crippen molar-refractivity contribution in [3.05, 3.63) is 48.0 Å². The minimum atomic E-state index is -1.25. The lowest BCUT2D eigenvalue weighted by molar-refractivity contribution is -0.141. The van der Waals surface area contributed by atoms with Gasteiger partial charge >= 0.3 is 5.97 Å². The van der Waals surface area contributed by atoms with Gasteiger partial charge in [0.15, 0.2) is 0 Å². The molecular weight excluding hydrogens is 716 g/mol. The van der Waals surface area contributed by atoms with E-state index >= 15 is 0 Å². The summed E-state index contributed by atoms with van der Waals surface area (Å²) in [5, 5.41) is 26.5. The monoisotopic (exact) mass is 772 g/mol. The minimum absolute atomic E-state index is 0.0214. The van der Waals surface area contributed by atoms with Crippen LogP contribution in [0, 0.1) is 17.8 Å². The molecule has 1 rings (SSSR count). The zero-order chi connectivity index (χ0) is 41.8. The lowest BCUT2D eigenvalue weighted by Gasteiger charge is -2.27. The quantitative estimate of drug-likeness (QED) is 0.0598. The van der Waals surface area contributed by atoms with Gasteiger partial charge in [0.1, 0.15) is 30.2 Å². The molecule has 0 heterocycles. The topological polar surface area (TPSA) is 284 Å². The van der Waals surface area contributed by atoms with E-state index in [-0.39, 0.29) is 37.0 Å². The Hall–Kier alpha value is -5.81. The minimum Gasteiger partial charge on any atom is -0.480 e. The van der Waals surface area contributed by atoms with Crippen molar-refractivity contribution in [3.8, 4) is 0 Å². The number of nitrogens with two attached hydrogens (primary N) is 1. The highest BCUT2D eigenvalue weighted by Gasteiger charge is 2.31. The van der Waals surface area contributed by atoms with Crippen molar-refractivity contribution >= 4 is 53.2 Å². The van der Waals surface area contributed by atoms with Gasteiger partial charge in [-0.3, -0.25) is 38.4 Å². The van der Waals surface area contributed by atoms with Gasteiger partial charge in [-0.2, -0.15) is 0 Å². The van der Waals surface area contributed by atoms with Crippen molar-refractivity contribution in [2.24, 2.45) is 23.5 Å². The summed E-state index contributed by atoms with van der Waals surface area (Å²) in [5.74, 6) is -7.51. The van der Waals surface area contributed by atoms with Gasteiger partial charge < -0.3 is 48.1 Å². The molecule has 0 saturated heterocycles. The average Bonchev–Trinajstić information content (AvgIpc) is 3.09. The molecule has 55 heavy (non-hydrogen) atoms. The molecule has 1 aromatic carbocycles. The van der Waals surface area contributed by atoms with Crippen LogP contribution in [0.25, 0.3) is 0 Å². The van der Waals surface area contributed by atoms with Crippen molar-refractivity contribution in [3.63, 3.8) is 0 Å². The van der Waals surface area contributed by atoms with E-state index < -0.39 is 96.5 Å². The lowest BCUT2D eigenvalue weighted by Crippen LogP contribution is -2.58. The largest absolute Gasteiger partial charge is 0.480 e. The third-order valence-corrected chi connectivity index (χ3v) is 7.87. The highest BCUT2D eigenvalue weighted by molar-refractivity contribution is 6.00. The first-order chi connectivity index (χ1) is 25.7. The first-order valence-electron chi connectivity index (χ1n) is 18.0. The number of carbonyl (C=O) groups excluding carboxylic acids is 8. The molecule has 5 atom stereocenters. The lowest BCUT2D eigenvalue weighted by atomic mass is 9.98. The van der Waals surface area contributed by atoms with Crippen molar-refractivity contribution in [1.29, 1.82) is 0 Å². The molecule has 0 aliphatic rings. The number of hydrogen-bond donors (Lipinski definition) is 9. The van der Waals surface area contributed by atoms with Crippen LogP contribution >= 0.6 is 0 Å². The maximum absolute atomic E-state index is 13.4. The molecule has 0 aliphatic heterocycles. The highest BCUT2D eigenvalue weighted by Crippen LogP contribution is 2.11. The van der Waals surface area contributed by atoms with E-state index in [1.54, 1.807) is 44.2 Å². The van der Waals surface area contributed by atoms with Gasteiger partial charge in [0.2, 0.25) is 47.3 Å². The summed E-state index contributed by atoms with van der Waals surface area (Å²) >= 11 is 0.